The van der Waals surface area contributed by atoms with Gasteiger partial charge in [0.2, 0.25) is 5.91 Å². The molecule has 2 rings (SSSR count). The van der Waals surface area contributed by atoms with E-state index in [2.05, 4.69) is 16.5 Å². The zero-order valence-electron chi connectivity index (χ0n) is 10.5. The molecular formula is C12H23ClN2OS. The number of fused-ring (bicyclic) bond motifs is 1. The maximum Gasteiger partial charge on any atom is 0.223 e. The Labute approximate surface area is 114 Å². The van der Waals surface area contributed by atoms with Gasteiger partial charge in [-0.2, -0.15) is 11.8 Å². The summed E-state index contributed by atoms with van der Waals surface area (Å²) < 4.78 is 0. The molecule has 2 aliphatic heterocycles. The van der Waals surface area contributed by atoms with Gasteiger partial charge in [0.15, 0.2) is 0 Å². The molecule has 0 radical (unpaired) electrons. The molecule has 0 aromatic heterocycles. The summed E-state index contributed by atoms with van der Waals surface area (Å²) in [5.41, 5.74) is 0. The number of likely N-dealkylation sites (tertiary alicyclic amines) is 1. The summed E-state index contributed by atoms with van der Waals surface area (Å²) in [6, 6.07) is 0. The Bertz CT molecular complexity index is 239. The molecule has 0 spiro atoms. The predicted molar refractivity (Wildman–Crippen MR) is 75.9 cm³/mol. The fourth-order valence-corrected chi connectivity index (χ4v) is 3.19. The monoisotopic (exact) mass is 278 g/mol. The van der Waals surface area contributed by atoms with Gasteiger partial charge in [0.25, 0.3) is 0 Å². The lowest BCUT2D eigenvalue weighted by Gasteiger charge is -2.20. The Balaban J connectivity index is 0.00000144. The van der Waals surface area contributed by atoms with Gasteiger partial charge < -0.3 is 10.2 Å². The van der Waals surface area contributed by atoms with Crippen LogP contribution in [0, 0.1) is 11.8 Å². The summed E-state index contributed by atoms with van der Waals surface area (Å²) in [6.07, 6.45) is 5.17. The highest BCUT2D eigenvalue weighted by Crippen LogP contribution is 2.27. The number of carbonyl (C=O) groups excluding carboxylic acids is 1. The lowest BCUT2D eigenvalue weighted by molar-refractivity contribution is -0.130. The first kappa shape index (κ1) is 15.1. The van der Waals surface area contributed by atoms with Crippen LogP contribution in [0.2, 0.25) is 0 Å². The number of carbonyl (C=O) groups is 1. The number of nitrogens with one attached hydrogen (secondary N) is 1. The number of hydrogen-bond donors (Lipinski definition) is 1. The van der Waals surface area contributed by atoms with Crippen molar-refractivity contribution in [3.8, 4) is 0 Å². The maximum atomic E-state index is 11.9. The van der Waals surface area contributed by atoms with Crippen molar-refractivity contribution >= 4 is 30.1 Å². The van der Waals surface area contributed by atoms with Crippen molar-refractivity contribution in [2.24, 2.45) is 11.8 Å². The SMILES string of the molecule is CSCCC(=O)N1CC[C@@H]2CNC[C@@H]2CC1.Cl. The highest BCUT2D eigenvalue weighted by molar-refractivity contribution is 7.98. The molecule has 0 aliphatic carbocycles. The lowest BCUT2D eigenvalue weighted by atomic mass is 9.92. The number of halogens is 1. The second-order valence-corrected chi connectivity index (χ2v) is 5.86. The molecule has 0 bridgehead atoms. The normalized spacial score (nSPS) is 28.2. The Morgan fingerprint density at radius 2 is 1.88 bits per heavy atom. The molecule has 2 saturated heterocycles. The molecule has 0 aromatic carbocycles. The van der Waals surface area contributed by atoms with Crippen molar-refractivity contribution < 1.29 is 4.79 Å². The van der Waals surface area contributed by atoms with Gasteiger partial charge in [-0.05, 0) is 44.0 Å². The van der Waals surface area contributed by atoms with E-state index in [1.807, 2.05) is 0 Å². The van der Waals surface area contributed by atoms with Crippen LogP contribution in [0.25, 0.3) is 0 Å². The zero-order valence-corrected chi connectivity index (χ0v) is 12.1. The minimum Gasteiger partial charge on any atom is -0.343 e. The Morgan fingerprint density at radius 3 is 2.41 bits per heavy atom. The molecule has 100 valence electrons. The molecule has 2 fully saturated rings. The van der Waals surface area contributed by atoms with E-state index in [-0.39, 0.29) is 12.4 Å². The molecule has 2 heterocycles. The van der Waals surface area contributed by atoms with Crippen LogP contribution in [0.3, 0.4) is 0 Å². The Morgan fingerprint density at radius 1 is 1.29 bits per heavy atom. The van der Waals surface area contributed by atoms with E-state index in [1.54, 1.807) is 11.8 Å². The highest BCUT2D eigenvalue weighted by atomic mass is 35.5. The zero-order chi connectivity index (χ0) is 11.4. The number of amides is 1. The molecule has 2 atom stereocenters. The maximum absolute atomic E-state index is 11.9. The average Bonchev–Trinajstić information content (AvgIpc) is 2.65. The van der Waals surface area contributed by atoms with Gasteiger partial charge in [0, 0.05) is 25.3 Å². The summed E-state index contributed by atoms with van der Waals surface area (Å²) in [6.45, 7) is 4.29. The van der Waals surface area contributed by atoms with Crippen molar-refractivity contribution in [1.29, 1.82) is 0 Å². The standard InChI is InChI=1S/C12H22N2OS.ClH/c1-16-7-4-12(15)14-5-2-10-8-13-9-11(10)3-6-14;/h10-11,13H,2-9H2,1H3;1H/t10-,11+;. The van der Waals surface area contributed by atoms with Crippen molar-refractivity contribution in [1.82, 2.24) is 10.2 Å². The number of hydrogen-bond acceptors (Lipinski definition) is 3. The highest BCUT2D eigenvalue weighted by Gasteiger charge is 2.31. The summed E-state index contributed by atoms with van der Waals surface area (Å²) >= 11 is 1.76. The van der Waals surface area contributed by atoms with Crippen LogP contribution >= 0.6 is 24.2 Å². The third-order valence-corrected chi connectivity index (χ3v) is 4.50. The van der Waals surface area contributed by atoms with Gasteiger partial charge in [-0.1, -0.05) is 0 Å². The second-order valence-electron chi connectivity index (χ2n) is 4.88. The topological polar surface area (TPSA) is 32.3 Å². The predicted octanol–water partition coefficient (Wildman–Crippen LogP) is 1.62. The third-order valence-electron chi connectivity index (χ3n) is 3.89. The van der Waals surface area contributed by atoms with Gasteiger partial charge in [-0.25, -0.2) is 0 Å². The van der Waals surface area contributed by atoms with Crippen molar-refractivity contribution in [2.75, 3.05) is 38.2 Å². The van der Waals surface area contributed by atoms with Crippen LogP contribution in [-0.2, 0) is 4.79 Å². The van der Waals surface area contributed by atoms with E-state index in [0.29, 0.717) is 5.91 Å². The van der Waals surface area contributed by atoms with Gasteiger partial charge in [0.1, 0.15) is 0 Å². The van der Waals surface area contributed by atoms with Crippen LogP contribution in [0.5, 0.6) is 0 Å². The van der Waals surface area contributed by atoms with Crippen LogP contribution in [0.4, 0.5) is 0 Å². The minimum atomic E-state index is 0. The molecule has 2 aliphatic rings. The first-order valence-electron chi connectivity index (χ1n) is 6.28. The third kappa shape index (κ3) is 4.04. The first-order chi connectivity index (χ1) is 7.81. The van der Waals surface area contributed by atoms with E-state index in [4.69, 9.17) is 0 Å². The fraction of sp³-hybridized carbons (Fsp3) is 0.917. The molecule has 1 amide bonds. The van der Waals surface area contributed by atoms with Crippen LogP contribution in [-0.4, -0.2) is 49.0 Å². The summed E-state index contributed by atoms with van der Waals surface area (Å²) in [5, 5.41) is 3.46. The number of nitrogens with zero attached hydrogens (tertiary/aromatic N) is 1. The van der Waals surface area contributed by atoms with E-state index in [9.17, 15) is 4.79 Å². The number of thioether (sulfide) groups is 1. The van der Waals surface area contributed by atoms with Gasteiger partial charge >= 0.3 is 0 Å². The Kier molecular flexibility index (Phi) is 6.67. The molecule has 1 N–H and O–H groups in total. The van der Waals surface area contributed by atoms with Gasteiger partial charge in [-0.15, -0.1) is 12.4 Å². The van der Waals surface area contributed by atoms with Crippen molar-refractivity contribution in [3.05, 3.63) is 0 Å². The number of rotatable bonds is 3. The molecule has 17 heavy (non-hydrogen) atoms. The molecule has 5 heteroatoms. The van der Waals surface area contributed by atoms with Crippen LogP contribution in [0.15, 0.2) is 0 Å². The van der Waals surface area contributed by atoms with Crippen LogP contribution in [0.1, 0.15) is 19.3 Å². The first-order valence-corrected chi connectivity index (χ1v) is 7.68. The lowest BCUT2D eigenvalue weighted by Crippen LogP contribution is -2.32. The molecule has 0 unspecified atom stereocenters. The Hall–Kier alpha value is 0.0700. The molecular weight excluding hydrogens is 256 g/mol. The van der Waals surface area contributed by atoms with E-state index in [1.165, 1.54) is 12.8 Å². The van der Waals surface area contributed by atoms with E-state index in [0.717, 1.165) is 50.2 Å². The molecule has 0 aromatic rings. The second kappa shape index (κ2) is 7.49. The summed E-state index contributed by atoms with van der Waals surface area (Å²) in [5.74, 6) is 2.96. The largest absolute Gasteiger partial charge is 0.343 e. The van der Waals surface area contributed by atoms with E-state index >= 15 is 0 Å². The van der Waals surface area contributed by atoms with Gasteiger partial charge in [0.05, 0.1) is 0 Å². The summed E-state index contributed by atoms with van der Waals surface area (Å²) in [4.78, 5) is 14.0. The van der Waals surface area contributed by atoms with Crippen LogP contribution < -0.4 is 5.32 Å². The minimum absolute atomic E-state index is 0. The quantitative estimate of drug-likeness (QED) is 0.852. The summed E-state index contributed by atoms with van der Waals surface area (Å²) in [7, 11) is 0. The molecule has 3 nitrogen and oxygen atoms in total. The van der Waals surface area contributed by atoms with E-state index < -0.39 is 0 Å². The van der Waals surface area contributed by atoms with Crippen molar-refractivity contribution in [2.45, 2.75) is 19.3 Å². The molecule has 0 saturated carbocycles. The van der Waals surface area contributed by atoms with Gasteiger partial charge in [-0.3, -0.25) is 4.79 Å². The van der Waals surface area contributed by atoms with Crippen molar-refractivity contribution in [3.63, 3.8) is 0 Å². The smallest absolute Gasteiger partial charge is 0.223 e. The average molecular weight is 279 g/mol. The fourth-order valence-electron chi connectivity index (χ4n) is 2.81.